The number of ether oxygens (including phenoxy) is 1. The molecule has 3 aromatic heterocycles. The maximum absolute atomic E-state index is 12.0. The Bertz CT molecular complexity index is 1860. The van der Waals surface area contributed by atoms with Crippen LogP contribution in [-0.4, -0.2) is 42.6 Å². The highest BCUT2D eigenvalue weighted by molar-refractivity contribution is 5.93. The minimum atomic E-state index is -0.400. The summed E-state index contributed by atoms with van der Waals surface area (Å²) in [5.41, 5.74) is 3.18. The van der Waals surface area contributed by atoms with Gasteiger partial charge in [0, 0.05) is 41.4 Å². The first kappa shape index (κ1) is 23.1. The number of nitro benzene ring substituents is 1. The van der Waals surface area contributed by atoms with E-state index in [9.17, 15) is 10.1 Å². The molecule has 7 rings (SSSR count). The summed E-state index contributed by atoms with van der Waals surface area (Å²) in [4.78, 5) is 24.5. The Hall–Kier alpha value is -5.08. The van der Waals surface area contributed by atoms with Crippen LogP contribution in [-0.2, 0) is 0 Å². The molecule has 0 radical (unpaired) electrons. The Morgan fingerprint density at radius 2 is 2.10 bits per heavy atom. The van der Waals surface area contributed by atoms with Gasteiger partial charge in [-0.2, -0.15) is 5.10 Å². The van der Waals surface area contributed by atoms with E-state index in [1.54, 1.807) is 16.8 Å². The predicted octanol–water partition coefficient (Wildman–Crippen LogP) is 4.39. The first-order chi connectivity index (χ1) is 19.0. The monoisotopic (exact) mass is 518 g/mol. The standard InChI is InChI=1S/C28H22N8O3/c1-17-8-20(2-3-25(17)39-21-5-7-35-26(10-21)31-16-33-35)34-27-22-11-24(36(37)38)18(9-23(22)30-15-32-27)4-6-28-12-19(28)13-29-14-28/h2-3,5,7-11,15-16,19,29H,12-14H2,1H3,(H,30,32,34). The van der Waals surface area contributed by atoms with E-state index in [1.807, 2.05) is 37.3 Å². The third kappa shape index (κ3) is 4.17. The largest absolute Gasteiger partial charge is 0.457 e. The van der Waals surface area contributed by atoms with Crippen molar-refractivity contribution in [1.82, 2.24) is 29.9 Å². The van der Waals surface area contributed by atoms with Crippen molar-refractivity contribution in [3.05, 3.63) is 82.6 Å². The number of anilines is 2. The molecule has 0 amide bonds. The molecule has 2 atom stereocenters. The molecule has 0 spiro atoms. The van der Waals surface area contributed by atoms with Gasteiger partial charge in [-0.05, 0) is 61.7 Å². The number of hydrogen-bond donors (Lipinski definition) is 2. The SMILES string of the molecule is Cc1cc(Nc2ncnc3cc(C#CC45CNCC4C5)c([N+](=O)[O-])cc23)ccc1Oc1ccn2ncnc2c1. The number of fused-ring (bicyclic) bond motifs is 3. The van der Waals surface area contributed by atoms with E-state index in [4.69, 9.17) is 4.74 Å². The lowest BCUT2D eigenvalue weighted by molar-refractivity contribution is -0.385. The fourth-order valence-electron chi connectivity index (χ4n) is 5.13. The van der Waals surface area contributed by atoms with Gasteiger partial charge in [-0.15, -0.1) is 0 Å². The van der Waals surface area contributed by atoms with Crippen LogP contribution in [0.5, 0.6) is 11.5 Å². The third-order valence-corrected chi connectivity index (χ3v) is 7.38. The normalized spacial score (nSPS) is 19.4. The minimum Gasteiger partial charge on any atom is -0.457 e. The Morgan fingerprint density at radius 1 is 1.18 bits per heavy atom. The lowest BCUT2D eigenvalue weighted by Gasteiger charge is -2.13. The second-order valence-corrected chi connectivity index (χ2v) is 9.94. The van der Waals surface area contributed by atoms with E-state index in [-0.39, 0.29) is 11.1 Å². The van der Waals surface area contributed by atoms with Crippen molar-refractivity contribution in [2.75, 3.05) is 18.4 Å². The molecule has 1 saturated heterocycles. The highest BCUT2D eigenvalue weighted by atomic mass is 16.6. The molecule has 1 aliphatic carbocycles. The van der Waals surface area contributed by atoms with Gasteiger partial charge >= 0.3 is 0 Å². The molecule has 11 nitrogen and oxygen atoms in total. The van der Waals surface area contributed by atoms with Crippen LogP contribution in [0.15, 0.2) is 61.3 Å². The quantitative estimate of drug-likeness (QED) is 0.197. The van der Waals surface area contributed by atoms with Crippen LogP contribution >= 0.6 is 0 Å². The average molecular weight is 519 g/mol. The van der Waals surface area contributed by atoms with Gasteiger partial charge in [0.2, 0.25) is 0 Å². The Labute approximate surface area is 222 Å². The van der Waals surface area contributed by atoms with Gasteiger partial charge < -0.3 is 15.4 Å². The molecular formula is C28H22N8O3. The predicted molar refractivity (Wildman–Crippen MR) is 144 cm³/mol. The van der Waals surface area contributed by atoms with Crippen molar-refractivity contribution in [1.29, 1.82) is 0 Å². The smallest absolute Gasteiger partial charge is 0.285 e. The number of aryl methyl sites for hydroxylation is 1. The molecular weight excluding hydrogens is 496 g/mol. The first-order valence-corrected chi connectivity index (χ1v) is 12.5. The molecule has 1 aliphatic heterocycles. The van der Waals surface area contributed by atoms with Crippen LogP contribution in [0.2, 0.25) is 0 Å². The van der Waals surface area contributed by atoms with E-state index < -0.39 is 4.92 Å². The average Bonchev–Trinajstić information content (AvgIpc) is 3.22. The van der Waals surface area contributed by atoms with Crippen molar-refractivity contribution >= 4 is 33.7 Å². The summed E-state index contributed by atoms with van der Waals surface area (Å²) in [7, 11) is 0. The van der Waals surface area contributed by atoms with Crippen LogP contribution in [0.1, 0.15) is 17.5 Å². The second-order valence-electron chi connectivity index (χ2n) is 9.94. The number of piperidine rings is 1. The minimum absolute atomic E-state index is 0.0435. The molecule has 2 aliphatic rings. The maximum Gasteiger partial charge on any atom is 0.285 e. The summed E-state index contributed by atoms with van der Waals surface area (Å²) in [6, 6.07) is 12.5. The van der Waals surface area contributed by atoms with Gasteiger partial charge in [0.25, 0.3) is 5.69 Å². The van der Waals surface area contributed by atoms with Crippen LogP contribution in [0.3, 0.4) is 0 Å². The van der Waals surface area contributed by atoms with Gasteiger partial charge in [-0.1, -0.05) is 11.8 Å². The highest BCUT2D eigenvalue weighted by Gasteiger charge is 2.56. The Kier molecular flexibility index (Phi) is 5.17. The zero-order valence-electron chi connectivity index (χ0n) is 20.9. The molecule has 4 heterocycles. The van der Waals surface area contributed by atoms with Crippen LogP contribution in [0, 0.1) is 40.2 Å². The summed E-state index contributed by atoms with van der Waals surface area (Å²) < 4.78 is 7.72. The summed E-state index contributed by atoms with van der Waals surface area (Å²) in [6.07, 6.45) is 5.76. The number of nitrogens with zero attached hydrogens (tertiary/aromatic N) is 6. The van der Waals surface area contributed by atoms with E-state index in [2.05, 4.69) is 42.5 Å². The van der Waals surface area contributed by atoms with Gasteiger partial charge in [-0.25, -0.2) is 19.5 Å². The van der Waals surface area contributed by atoms with Gasteiger partial charge in [0.1, 0.15) is 35.5 Å². The van der Waals surface area contributed by atoms with E-state index >= 15 is 0 Å². The first-order valence-electron chi connectivity index (χ1n) is 12.5. The van der Waals surface area contributed by atoms with Crippen molar-refractivity contribution in [2.24, 2.45) is 11.3 Å². The van der Waals surface area contributed by atoms with Crippen molar-refractivity contribution in [3.8, 4) is 23.3 Å². The maximum atomic E-state index is 12.0. The zero-order valence-corrected chi connectivity index (χ0v) is 20.9. The second kappa shape index (κ2) is 8.75. The van der Waals surface area contributed by atoms with Gasteiger partial charge in [0.05, 0.1) is 10.4 Å². The van der Waals surface area contributed by atoms with Crippen molar-refractivity contribution in [3.63, 3.8) is 0 Å². The fraction of sp³-hybridized carbons (Fsp3) is 0.214. The number of pyridine rings is 1. The molecule has 5 aromatic rings. The number of aromatic nitrogens is 5. The third-order valence-electron chi connectivity index (χ3n) is 7.38. The molecule has 1 saturated carbocycles. The van der Waals surface area contributed by atoms with Crippen molar-refractivity contribution in [2.45, 2.75) is 13.3 Å². The fourth-order valence-corrected chi connectivity index (χ4v) is 5.13. The lowest BCUT2D eigenvalue weighted by Crippen LogP contribution is -2.14. The zero-order chi connectivity index (χ0) is 26.6. The highest BCUT2D eigenvalue weighted by Crippen LogP contribution is 2.54. The summed E-state index contributed by atoms with van der Waals surface area (Å²) in [5.74, 6) is 8.73. The van der Waals surface area contributed by atoms with Crippen LogP contribution in [0.25, 0.3) is 16.6 Å². The Morgan fingerprint density at radius 3 is 2.90 bits per heavy atom. The van der Waals surface area contributed by atoms with Crippen LogP contribution < -0.4 is 15.4 Å². The molecule has 39 heavy (non-hydrogen) atoms. The number of benzene rings is 2. The molecule has 0 bridgehead atoms. The molecule has 2 N–H and O–H groups in total. The summed E-state index contributed by atoms with van der Waals surface area (Å²) >= 11 is 0. The molecule has 2 unspecified atom stereocenters. The Balaban J connectivity index is 1.17. The van der Waals surface area contributed by atoms with Gasteiger partial charge in [-0.3, -0.25) is 10.1 Å². The number of nitrogens with one attached hydrogen (secondary N) is 2. The van der Waals surface area contributed by atoms with Crippen LogP contribution in [0.4, 0.5) is 17.2 Å². The molecule has 192 valence electrons. The summed E-state index contributed by atoms with van der Waals surface area (Å²) in [5, 5.41) is 23.2. The van der Waals surface area contributed by atoms with E-state index in [1.165, 1.54) is 18.7 Å². The summed E-state index contributed by atoms with van der Waals surface area (Å²) in [6.45, 7) is 3.73. The van der Waals surface area contributed by atoms with Gasteiger partial charge in [0.15, 0.2) is 5.65 Å². The lowest BCUT2D eigenvalue weighted by atomic mass is 10.0. The van der Waals surface area contributed by atoms with E-state index in [0.29, 0.717) is 45.3 Å². The van der Waals surface area contributed by atoms with Crippen molar-refractivity contribution < 1.29 is 9.66 Å². The number of rotatable bonds is 5. The van der Waals surface area contributed by atoms with E-state index in [0.717, 1.165) is 30.8 Å². The number of hydrogen-bond acceptors (Lipinski definition) is 9. The number of nitro groups is 1. The molecule has 11 heteroatoms. The molecule has 2 aromatic carbocycles. The molecule has 2 fully saturated rings. The topological polar surface area (TPSA) is 132 Å².